The maximum absolute atomic E-state index is 12.8. The average Bonchev–Trinajstić information content (AvgIpc) is 2.95. The molecule has 3 heterocycles. The summed E-state index contributed by atoms with van der Waals surface area (Å²) >= 11 is 1.68. The van der Waals surface area contributed by atoms with Crippen molar-refractivity contribution in [3.8, 4) is 0 Å². The molecule has 7 nitrogen and oxygen atoms in total. The Morgan fingerprint density at radius 1 is 1.30 bits per heavy atom. The highest BCUT2D eigenvalue weighted by Gasteiger charge is 2.30. The van der Waals surface area contributed by atoms with Crippen LogP contribution < -0.4 is 4.90 Å². The number of hydrogen-bond acceptors (Lipinski definition) is 6. The van der Waals surface area contributed by atoms with Crippen LogP contribution in [0.5, 0.6) is 0 Å². The van der Waals surface area contributed by atoms with Gasteiger partial charge in [0.25, 0.3) is 0 Å². The van der Waals surface area contributed by atoms with Crippen molar-refractivity contribution in [2.75, 3.05) is 31.1 Å². The number of carbonyl (C=O) groups excluding carboxylic acids is 1. The van der Waals surface area contributed by atoms with E-state index in [0.29, 0.717) is 19.4 Å². The lowest BCUT2D eigenvalue weighted by atomic mass is 9.95. The maximum Gasteiger partial charge on any atom is 0.323 e. The van der Waals surface area contributed by atoms with Crippen molar-refractivity contribution in [2.45, 2.75) is 40.0 Å². The van der Waals surface area contributed by atoms with Gasteiger partial charge >= 0.3 is 5.97 Å². The minimum atomic E-state index is -0.957. The second-order valence-electron chi connectivity index (χ2n) is 7.08. The van der Waals surface area contributed by atoms with E-state index in [0.717, 1.165) is 35.5 Å². The summed E-state index contributed by atoms with van der Waals surface area (Å²) in [6.45, 7) is 7.91. The second-order valence-corrected chi connectivity index (χ2v) is 8.28. The summed E-state index contributed by atoms with van der Waals surface area (Å²) in [5.74, 6) is -0.159. The highest BCUT2D eigenvalue weighted by atomic mass is 32.1. The van der Waals surface area contributed by atoms with Gasteiger partial charge in [-0.2, -0.15) is 0 Å². The molecule has 0 atom stereocenters. The zero-order chi connectivity index (χ0) is 19.6. The maximum atomic E-state index is 12.8. The number of nitrogens with zero attached hydrogens (tertiary/aromatic N) is 4. The SMILES string of the molecule is CCCN(CC(=O)O)C(=O)C1CCN(c2ncnc3sc(C)c(C)c23)CC1. The quantitative estimate of drug-likeness (QED) is 0.816. The molecule has 1 aliphatic rings. The van der Waals surface area contributed by atoms with Gasteiger partial charge in [-0.05, 0) is 38.7 Å². The van der Waals surface area contributed by atoms with Gasteiger partial charge in [0.15, 0.2) is 0 Å². The largest absolute Gasteiger partial charge is 0.480 e. The van der Waals surface area contributed by atoms with Crippen LogP contribution in [-0.4, -0.2) is 58.0 Å². The first-order valence-corrected chi connectivity index (χ1v) is 10.2. The van der Waals surface area contributed by atoms with Crippen molar-refractivity contribution in [1.82, 2.24) is 14.9 Å². The normalized spacial score (nSPS) is 15.3. The topological polar surface area (TPSA) is 86.6 Å². The molecule has 1 amide bonds. The highest BCUT2D eigenvalue weighted by Crippen LogP contribution is 2.35. The average molecular weight is 391 g/mol. The van der Waals surface area contributed by atoms with Crippen LogP contribution in [0.1, 0.15) is 36.6 Å². The Hall–Kier alpha value is -2.22. The van der Waals surface area contributed by atoms with Crippen molar-refractivity contribution >= 4 is 39.2 Å². The van der Waals surface area contributed by atoms with E-state index in [2.05, 4.69) is 28.7 Å². The fraction of sp³-hybridized carbons (Fsp3) is 0.579. The van der Waals surface area contributed by atoms with Gasteiger partial charge in [-0.3, -0.25) is 9.59 Å². The third kappa shape index (κ3) is 4.05. The molecule has 0 saturated carbocycles. The molecule has 0 bridgehead atoms. The molecule has 0 unspecified atom stereocenters. The van der Waals surface area contributed by atoms with Crippen molar-refractivity contribution in [2.24, 2.45) is 5.92 Å². The Kier molecular flexibility index (Phi) is 5.94. The van der Waals surface area contributed by atoms with Crippen molar-refractivity contribution in [1.29, 1.82) is 0 Å². The van der Waals surface area contributed by atoms with E-state index in [4.69, 9.17) is 5.11 Å². The lowest BCUT2D eigenvalue weighted by molar-refractivity contribution is -0.146. The Bertz CT molecular complexity index is 843. The predicted molar refractivity (Wildman–Crippen MR) is 106 cm³/mol. The van der Waals surface area contributed by atoms with Crippen LogP contribution in [0.4, 0.5) is 5.82 Å². The zero-order valence-electron chi connectivity index (χ0n) is 16.1. The predicted octanol–water partition coefficient (Wildman–Crippen LogP) is 2.85. The van der Waals surface area contributed by atoms with Gasteiger partial charge in [0, 0.05) is 30.4 Å². The molecule has 1 fully saturated rings. The van der Waals surface area contributed by atoms with Gasteiger partial charge < -0.3 is 14.9 Å². The monoisotopic (exact) mass is 390 g/mol. The number of aliphatic carboxylic acids is 1. The number of amides is 1. The van der Waals surface area contributed by atoms with Crippen LogP contribution in [0.25, 0.3) is 10.2 Å². The Balaban J connectivity index is 1.72. The number of hydrogen-bond donors (Lipinski definition) is 1. The number of thiophene rings is 1. The number of aromatic nitrogens is 2. The summed E-state index contributed by atoms with van der Waals surface area (Å²) in [5.41, 5.74) is 1.22. The van der Waals surface area contributed by atoms with Crippen molar-refractivity contribution < 1.29 is 14.7 Å². The molecule has 0 aromatic carbocycles. The Labute approximate surface area is 163 Å². The summed E-state index contributed by atoms with van der Waals surface area (Å²) in [4.78, 5) is 38.7. The van der Waals surface area contributed by atoms with E-state index in [1.54, 1.807) is 17.7 Å². The molecule has 8 heteroatoms. The second kappa shape index (κ2) is 8.21. The van der Waals surface area contributed by atoms with Crippen LogP contribution >= 0.6 is 11.3 Å². The Morgan fingerprint density at radius 2 is 2.00 bits per heavy atom. The molecule has 0 aliphatic carbocycles. The highest BCUT2D eigenvalue weighted by molar-refractivity contribution is 7.18. The molecule has 1 aliphatic heterocycles. The van der Waals surface area contributed by atoms with Crippen molar-refractivity contribution in [3.63, 3.8) is 0 Å². The minimum absolute atomic E-state index is 0.0331. The number of piperidine rings is 1. The van der Waals surface area contributed by atoms with Gasteiger partial charge in [-0.1, -0.05) is 6.92 Å². The van der Waals surface area contributed by atoms with Gasteiger partial charge in [0.2, 0.25) is 5.91 Å². The van der Waals surface area contributed by atoms with E-state index < -0.39 is 5.97 Å². The number of fused-ring (bicyclic) bond motifs is 1. The number of carboxylic acid groups (broad SMARTS) is 1. The fourth-order valence-corrected chi connectivity index (χ4v) is 4.69. The molecule has 0 spiro atoms. The van der Waals surface area contributed by atoms with Gasteiger partial charge in [0.1, 0.15) is 23.5 Å². The molecular formula is C19H26N4O3S. The summed E-state index contributed by atoms with van der Waals surface area (Å²) in [6.07, 6.45) is 3.80. The summed E-state index contributed by atoms with van der Waals surface area (Å²) in [6, 6.07) is 0. The molecule has 2 aromatic rings. The number of carbonyl (C=O) groups is 2. The summed E-state index contributed by atoms with van der Waals surface area (Å²) in [7, 11) is 0. The van der Waals surface area contributed by atoms with E-state index in [1.165, 1.54) is 15.3 Å². The molecule has 27 heavy (non-hydrogen) atoms. The number of anilines is 1. The Morgan fingerprint density at radius 3 is 2.63 bits per heavy atom. The van der Waals surface area contributed by atoms with Gasteiger partial charge in [-0.15, -0.1) is 11.3 Å². The first-order valence-electron chi connectivity index (χ1n) is 9.38. The minimum Gasteiger partial charge on any atom is -0.480 e. The fourth-order valence-electron chi connectivity index (χ4n) is 3.70. The van der Waals surface area contributed by atoms with Crippen LogP contribution in [-0.2, 0) is 9.59 Å². The molecule has 1 N–H and O–H groups in total. The summed E-state index contributed by atoms with van der Waals surface area (Å²) < 4.78 is 0. The molecule has 0 radical (unpaired) electrons. The molecule has 1 saturated heterocycles. The van der Waals surface area contributed by atoms with E-state index in [9.17, 15) is 9.59 Å². The molecule has 146 valence electrons. The zero-order valence-corrected chi connectivity index (χ0v) is 16.9. The number of rotatable bonds is 6. The number of aryl methyl sites for hydroxylation is 2. The molecule has 2 aromatic heterocycles. The van der Waals surface area contributed by atoms with E-state index in [1.807, 2.05) is 6.92 Å². The number of carboxylic acids is 1. The van der Waals surface area contributed by atoms with E-state index >= 15 is 0 Å². The first kappa shape index (κ1) is 19.5. The third-order valence-electron chi connectivity index (χ3n) is 5.22. The van der Waals surface area contributed by atoms with Crippen LogP contribution in [0.15, 0.2) is 6.33 Å². The smallest absolute Gasteiger partial charge is 0.323 e. The third-order valence-corrected chi connectivity index (χ3v) is 6.34. The van der Waals surface area contributed by atoms with E-state index in [-0.39, 0.29) is 18.4 Å². The molecule has 3 rings (SSSR count). The van der Waals surface area contributed by atoms with Crippen molar-refractivity contribution in [3.05, 3.63) is 16.8 Å². The van der Waals surface area contributed by atoms with Crippen LogP contribution in [0.2, 0.25) is 0 Å². The van der Waals surface area contributed by atoms with Gasteiger partial charge in [-0.25, -0.2) is 9.97 Å². The first-order chi connectivity index (χ1) is 12.9. The summed E-state index contributed by atoms with van der Waals surface area (Å²) in [5, 5.41) is 10.2. The lowest BCUT2D eigenvalue weighted by Crippen LogP contribution is -2.44. The lowest BCUT2D eigenvalue weighted by Gasteiger charge is -2.34. The van der Waals surface area contributed by atoms with Crippen LogP contribution in [0, 0.1) is 19.8 Å². The van der Waals surface area contributed by atoms with Gasteiger partial charge in [0.05, 0.1) is 5.39 Å². The molecular weight excluding hydrogens is 364 g/mol. The van der Waals surface area contributed by atoms with Crippen LogP contribution in [0.3, 0.4) is 0 Å². The standard InChI is InChI=1S/C19H26N4O3S/c1-4-7-23(10-15(24)25)19(26)14-5-8-22(9-6-14)17-16-12(2)13(3)27-18(16)21-11-20-17/h11,14H,4-10H2,1-3H3,(H,24,25).